The second-order valence-corrected chi connectivity index (χ2v) is 8.56. The van der Waals surface area contributed by atoms with Crippen molar-refractivity contribution in [1.82, 2.24) is 9.80 Å². The Hall–Kier alpha value is -1.82. The van der Waals surface area contributed by atoms with E-state index in [4.69, 9.17) is 4.74 Å². The van der Waals surface area contributed by atoms with Gasteiger partial charge in [0, 0.05) is 31.7 Å². The van der Waals surface area contributed by atoms with Gasteiger partial charge in [-0.1, -0.05) is 60.6 Å². The van der Waals surface area contributed by atoms with Crippen LogP contribution in [0.15, 0.2) is 30.8 Å². The summed E-state index contributed by atoms with van der Waals surface area (Å²) < 4.78 is 5.75. The molecule has 2 aliphatic rings. The Morgan fingerprint density at radius 1 is 0.967 bits per heavy atom. The molecule has 2 atom stereocenters. The fourth-order valence-corrected chi connectivity index (χ4v) is 3.67. The molecule has 2 saturated heterocycles. The van der Waals surface area contributed by atoms with Crippen molar-refractivity contribution in [2.24, 2.45) is 0 Å². The number of carbonyl (C=O) groups excluding carboxylic acids is 2. The van der Waals surface area contributed by atoms with Gasteiger partial charge in [0.1, 0.15) is 5.75 Å². The molecule has 168 valence electrons. The molecule has 2 fully saturated rings. The van der Waals surface area contributed by atoms with Crippen LogP contribution in [0.3, 0.4) is 0 Å². The van der Waals surface area contributed by atoms with Crippen molar-refractivity contribution in [3.63, 3.8) is 0 Å². The number of halogens is 1. The first-order valence-electron chi connectivity index (χ1n) is 11.0. The topological polar surface area (TPSA) is 49.9 Å². The van der Waals surface area contributed by atoms with E-state index in [2.05, 4.69) is 22.5 Å². The molecule has 0 bridgehead atoms. The molecule has 1 aromatic rings. The van der Waals surface area contributed by atoms with Crippen LogP contribution >= 0.6 is 15.9 Å². The van der Waals surface area contributed by atoms with Crippen LogP contribution in [0.4, 0.5) is 0 Å². The average Bonchev–Trinajstić information content (AvgIpc) is 3.49. The van der Waals surface area contributed by atoms with Crippen LogP contribution in [-0.2, 0) is 9.59 Å². The van der Waals surface area contributed by atoms with Crippen LogP contribution < -0.4 is 4.74 Å². The molecule has 0 radical (unpaired) electrons. The summed E-state index contributed by atoms with van der Waals surface area (Å²) in [6.07, 6.45) is 5.84. The lowest BCUT2D eigenvalue weighted by Crippen LogP contribution is -2.38. The van der Waals surface area contributed by atoms with Crippen LogP contribution in [0.5, 0.6) is 5.75 Å². The maximum absolute atomic E-state index is 12.1. The molecule has 0 aromatic heterocycles. The zero-order valence-electron chi connectivity index (χ0n) is 18.9. The molecule has 0 saturated carbocycles. The van der Waals surface area contributed by atoms with E-state index < -0.39 is 6.10 Å². The SMILES string of the molecule is C=Cc1ccccc1OC(C)C(=O)N1CCCC1.CC.CC(Br)C(=O)N1CCCC1. The van der Waals surface area contributed by atoms with Gasteiger partial charge in [0.05, 0.1) is 4.83 Å². The molecule has 2 heterocycles. The fraction of sp³-hybridized carbons (Fsp3) is 0.583. The van der Waals surface area contributed by atoms with E-state index in [1.807, 2.05) is 54.8 Å². The Morgan fingerprint density at radius 3 is 1.90 bits per heavy atom. The smallest absolute Gasteiger partial charge is 0.263 e. The van der Waals surface area contributed by atoms with E-state index in [0.29, 0.717) is 5.75 Å². The number of ether oxygens (including phenoxy) is 1. The van der Waals surface area contributed by atoms with Gasteiger partial charge in [-0.15, -0.1) is 0 Å². The van der Waals surface area contributed by atoms with Gasteiger partial charge < -0.3 is 14.5 Å². The molecule has 0 aliphatic carbocycles. The minimum absolute atomic E-state index is 0.00870. The second-order valence-electron chi connectivity index (χ2n) is 7.18. The number of likely N-dealkylation sites (tertiary alicyclic amines) is 2. The van der Waals surface area contributed by atoms with E-state index in [0.717, 1.165) is 44.6 Å². The van der Waals surface area contributed by atoms with E-state index in [1.54, 1.807) is 13.0 Å². The quantitative estimate of drug-likeness (QED) is 0.548. The Morgan fingerprint density at radius 2 is 1.43 bits per heavy atom. The van der Waals surface area contributed by atoms with Crippen LogP contribution in [0.25, 0.3) is 6.08 Å². The van der Waals surface area contributed by atoms with E-state index in [1.165, 1.54) is 12.8 Å². The molecule has 2 amide bonds. The normalized spacial score (nSPS) is 17.1. The lowest BCUT2D eigenvalue weighted by molar-refractivity contribution is -0.136. The molecular weight excluding hydrogens is 444 g/mol. The summed E-state index contributed by atoms with van der Waals surface area (Å²) in [5.74, 6) is 1.02. The summed E-state index contributed by atoms with van der Waals surface area (Å²) in [5.41, 5.74) is 0.915. The number of benzene rings is 1. The zero-order valence-corrected chi connectivity index (χ0v) is 20.5. The van der Waals surface area contributed by atoms with Crippen LogP contribution in [0.1, 0.15) is 58.9 Å². The lowest BCUT2D eigenvalue weighted by Gasteiger charge is -2.21. The lowest BCUT2D eigenvalue weighted by atomic mass is 10.2. The molecule has 0 N–H and O–H groups in total. The van der Waals surface area contributed by atoms with Gasteiger partial charge in [-0.05, 0) is 45.6 Å². The van der Waals surface area contributed by atoms with Gasteiger partial charge in [-0.3, -0.25) is 9.59 Å². The second kappa shape index (κ2) is 14.2. The number of carbonyl (C=O) groups is 2. The minimum Gasteiger partial charge on any atom is -0.480 e. The molecular formula is C24H37BrN2O3. The van der Waals surface area contributed by atoms with E-state index >= 15 is 0 Å². The highest BCUT2D eigenvalue weighted by molar-refractivity contribution is 9.10. The molecule has 5 nitrogen and oxygen atoms in total. The minimum atomic E-state index is -0.441. The first-order chi connectivity index (χ1) is 14.4. The van der Waals surface area contributed by atoms with Crippen molar-refractivity contribution in [1.29, 1.82) is 0 Å². The summed E-state index contributed by atoms with van der Waals surface area (Å²) in [5, 5.41) is 0. The molecule has 2 unspecified atom stereocenters. The summed E-state index contributed by atoms with van der Waals surface area (Å²) >= 11 is 3.26. The Labute approximate surface area is 190 Å². The molecule has 0 spiro atoms. The summed E-state index contributed by atoms with van der Waals surface area (Å²) in [6, 6.07) is 7.62. The number of rotatable bonds is 5. The highest BCUT2D eigenvalue weighted by atomic mass is 79.9. The number of nitrogens with zero attached hydrogens (tertiary/aromatic N) is 2. The molecule has 6 heteroatoms. The van der Waals surface area contributed by atoms with Gasteiger partial charge in [0.15, 0.2) is 6.10 Å². The van der Waals surface area contributed by atoms with E-state index in [-0.39, 0.29) is 16.6 Å². The van der Waals surface area contributed by atoms with Gasteiger partial charge in [-0.25, -0.2) is 0 Å². The monoisotopic (exact) mass is 480 g/mol. The largest absolute Gasteiger partial charge is 0.480 e. The Bertz CT molecular complexity index is 666. The predicted molar refractivity (Wildman–Crippen MR) is 128 cm³/mol. The number of hydrogen-bond donors (Lipinski definition) is 0. The summed E-state index contributed by atoms with van der Waals surface area (Å²) in [6.45, 7) is 15.0. The Balaban J connectivity index is 0.000000318. The standard InChI is InChI=1S/C15H19NO2.C7H12BrNO.C2H6/c1-3-13-8-4-5-9-14(13)18-12(2)15(17)16-10-6-7-11-16;1-6(8)7(10)9-4-2-3-5-9;1-2/h3-5,8-9,12H,1,6-7,10-11H2,2H3;6H,2-5H2,1H3;1-2H3. The van der Waals surface area contributed by atoms with Crippen LogP contribution in [-0.4, -0.2) is 58.7 Å². The highest BCUT2D eigenvalue weighted by Crippen LogP contribution is 2.21. The van der Waals surface area contributed by atoms with Crippen molar-refractivity contribution in [2.45, 2.75) is 64.3 Å². The van der Waals surface area contributed by atoms with Crippen molar-refractivity contribution in [3.05, 3.63) is 36.4 Å². The molecule has 1 aromatic carbocycles. The maximum atomic E-state index is 12.1. The number of alkyl halides is 1. The third kappa shape index (κ3) is 8.13. The van der Waals surface area contributed by atoms with Crippen molar-refractivity contribution < 1.29 is 14.3 Å². The maximum Gasteiger partial charge on any atom is 0.263 e. The average molecular weight is 481 g/mol. The van der Waals surface area contributed by atoms with Gasteiger partial charge in [0.2, 0.25) is 5.91 Å². The number of para-hydroxylation sites is 1. The Kier molecular flexibility index (Phi) is 12.4. The predicted octanol–water partition coefficient (Wildman–Crippen LogP) is 5.14. The third-order valence-electron chi connectivity index (χ3n) is 4.97. The van der Waals surface area contributed by atoms with Gasteiger partial charge >= 0.3 is 0 Å². The van der Waals surface area contributed by atoms with Crippen molar-refractivity contribution >= 4 is 33.8 Å². The van der Waals surface area contributed by atoms with Gasteiger partial charge in [-0.2, -0.15) is 0 Å². The van der Waals surface area contributed by atoms with Crippen LogP contribution in [0.2, 0.25) is 0 Å². The highest BCUT2D eigenvalue weighted by Gasteiger charge is 2.24. The van der Waals surface area contributed by atoms with Crippen molar-refractivity contribution in [2.75, 3.05) is 26.2 Å². The first kappa shape index (κ1) is 26.2. The summed E-state index contributed by atoms with van der Waals surface area (Å²) in [7, 11) is 0. The van der Waals surface area contributed by atoms with E-state index in [9.17, 15) is 9.59 Å². The number of hydrogen-bond acceptors (Lipinski definition) is 3. The molecule has 3 rings (SSSR count). The molecule has 2 aliphatic heterocycles. The van der Waals surface area contributed by atoms with Gasteiger partial charge in [0.25, 0.3) is 5.91 Å². The summed E-state index contributed by atoms with van der Waals surface area (Å²) in [4.78, 5) is 27.1. The third-order valence-corrected chi connectivity index (χ3v) is 5.36. The van der Waals surface area contributed by atoms with Crippen LogP contribution in [0, 0.1) is 0 Å². The molecule has 30 heavy (non-hydrogen) atoms. The van der Waals surface area contributed by atoms with Crippen molar-refractivity contribution in [3.8, 4) is 5.75 Å². The fourth-order valence-electron chi connectivity index (χ4n) is 3.38. The number of amides is 2. The first-order valence-corrected chi connectivity index (χ1v) is 12.0. The zero-order chi connectivity index (χ0) is 22.5.